The summed E-state index contributed by atoms with van der Waals surface area (Å²) in [6.07, 6.45) is 0.740. The summed E-state index contributed by atoms with van der Waals surface area (Å²) in [5.41, 5.74) is 2.99. The van der Waals surface area contributed by atoms with Gasteiger partial charge in [-0.05, 0) is 53.8 Å². The zero-order chi connectivity index (χ0) is 25.6. The van der Waals surface area contributed by atoms with E-state index in [-0.39, 0.29) is 34.6 Å². The number of carboxylic acids is 1. The van der Waals surface area contributed by atoms with E-state index in [4.69, 9.17) is 34.8 Å². The number of carbonyl (C=O) groups excluding carboxylic acids is 2. The summed E-state index contributed by atoms with van der Waals surface area (Å²) in [4.78, 5) is 40.6. The molecule has 0 fully saturated rings. The molecule has 36 heavy (non-hydrogen) atoms. The summed E-state index contributed by atoms with van der Waals surface area (Å²) < 4.78 is 0. The lowest BCUT2D eigenvalue weighted by molar-refractivity contribution is -0.120. The van der Waals surface area contributed by atoms with E-state index in [0.29, 0.717) is 45.4 Å². The highest BCUT2D eigenvalue weighted by Crippen LogP contribution is 2.48. The minimum absolute atomic E-state index is 0.00691. The zero-order valence-corrected chi connectivity index (χ0v) is 21.1. The van der Waals surface area contributed by atoms with E-state index in [1.54, 1.807) is 24.3 Å². The third-order valence-corrected chi connectivity index (χ3v) is 7.67. The lowest BCUT2D eigenvalue weighted by atomic mass is 9.72. The molecule has 2 atom stereocenters. The lowest BCUT2D eigenvalue weighted by Crippen LogP contribution is -2.42. The van der Waals surface area contributed by atoms with Crippen LogP contribution in [0.3, 0.4) is 0 Å². The van der Waals surface area contributed by atoms with Crippen LogP contribution in [-0.2, 0) is 9.59 Å². The number of benzene rings is 3. The molecule has 5 rings (SSSR count). The van der Waals surface area contributed by atoms with Crippen molar-refractivity contribution in [3.63, 3.8) is 0 Å². The van der Waals surface area contributed by atoms with E-state index in [9.17, 15) is 19.5 Å². The van der Waals surface area contributed by atoms with Crippen molar-refractivity contribution in [1.82, 2.24) is 0 Å². The maximum atomic E-state index is 13.7. The maximum absolute atomic E-state index is 13.7. The van der Waals surface area contributed by atoms with Crippen LogP contribution in [-0.4, -0.2) is 22.8 Å². The number of aromatic carboxylic acids is 1. The first kappa shape index (κ1) is 24.6. The third kappa shape index (κ3) is 4.43. The predicted molar refractivity (Wildman–Crippen MR) is 140 cm³/mol. The number of carboxylic acid groups (broad SMARTS) is 1. The van der Waals surface area contributed by atoms with Crippen molar-refractivity contribution >= 4 is 58.1 Å². The van der Waals surface area contributed by atoms with Gasteiger partial charge in [0, 0.05) is 45.8 Å². The number of nitrogens with zero attached hydrogens (tertiary/aromatic N) is 1. The minimum Gasteiger partial charge on any atom is -0.478 e. The van der Waals surface area contributed by atoms with E-state index < -0.39 is 11.9 Å². The van der Waals surface area contributed by atoms with Crippen molar-refractivity contribution < 1.29 is 19.5 Å². The number of ketones is 1. The first-order valence-corrected chi connectivity index (χ1v) is 12.5. The number of amides is 1. The van der Waals surface area contributed by atoms with Gasteiger partial charge in [-0.25, -0.2) is 4.79 Å². The zero-order valence-electron chi connectivity index (χ0n) is 18.9. The number of hydrogen-bond donors (Lipinski definition) is 1. The Hall–Kier alpha value is -3.12. The third-order valence-electron chi connectivity index (χ3n) is 6.78. The number of halogens is 3. The molecule has 0 aromatic heterocycles. The molecule has 2 aliphatic rings. The highest BCUT2D eigenvalue weighted by atomic mass is 35.5. The second kappa shape index (κ2) is 9.74. The van der Waals surface area contributed by atoms with Crippen molar-refractivity contribution in [2.75, 3.05) is 4.90 Å². The van der Waals surface area contributed by atoms with Gasteiger partial charge in [-0.1, -0.05) is 71.2 Å². The van der Waals surface area contributed by atoms with Crippen LogP contribution >= 0.6 is 34.8 Å². The Kier molecular flexibility index (Phi) is 6.64. The molecular formula is C28H20Cl3NO4. The van der Waals surface area contributed by atoms with Gasteiger partial charge in [-0.15, -0.1) is 0 Å². The number of anilines is 1. The molecule has 2 unspecified atom stereocenters. The highest BCUT2D eigenvalue weighted by Gasteiger charge is 2.43. The smallest absolute Gasteiger partial charge is 0.337 e. The second-order valence-corrected chi connectivity index (χ2v) is 10.2. The molecular weight excluding hydrogens is 521 g/mol. The molecule has 0 saturated heterocycles. The van der Waals surface area contributed by atoms with E-state index in [2.05, 4.69) is 0 Å². The minimum atomic E-state index is -1.20. The molecule has 3 aromatic rings. The average molecular weight is 541 g/mol. The first-order chi connectivity index (χ1) is 17.2. The number of carbonyl (C=O) groups is 3. The van der Waals surface area contributed by atoms with Gasteiger partial charge >= 0.3 is 5.97 Å². The molecule has 3 aromatic carbocycles. The number of hydrogen-bond acceptors (Lipinski definition) is 3. The van der Waals surface area contributed by atoms with Gasteiger partial charge in [0.2, 0.25) is 5.91 Å². The summed E-state index contributed by atoms with van der Waals surface area (Å²) in [5.74, 6) is -2.17. The highest BCUT2D eigenvalue weighted by molar-refractivity contribution is 6.35. The van der Waals surface area contributed by atoms with Crippen molar-refractivity contribution in [3.05, 3.63) is 110 Å². The SMILES string of the molecule is O=C1CC(c2ccccc2)CC2=C1C(c1ccc(Cl)cc1Cl)CC(=O)N2c1ccc(Cl)c(C(=O)O)c1. The van der Waals surface area contributed by atoms with E-state index >= 15 is 0 Å². The molecule has 0 radical (unpaired) electrons. The van der Waals surface area contributed by atoms with Crippen LogP contribution in [0.1, 0.15) is 52.6 Å². The quantitative estimate of drug-likeness (QED) is 0.378. The second-order valence-electron chi connectivity index (χ2n) is 8.92. The number of allylic oxidation sites excluding steroid dienone is 2. The van der Waals surface area contributed by atoms with E-state index in [1.165, 1.54) is 17.0 Å². The monoisotopic (exact) mass is 539 g/mol. The Morgan fingerprint density at radius 3 is 2.31 bits per heavy atom. The Labute approximate surface area is 222 Å². The van der Waals surface area contributed by atoms with Crippen LogP contribution in [0.5, 0.6) is 0 Å². The Morgan fingerprint density at radius 2 is 1.61 bits per heavy atom. The van der Waals surface area contributed by atoms with Gasteiger partial charge in [-0.3, -0.25) is 14.5 Å². The van der Waals surface area contributed by atoms with Gasteiger partial charge in [0.1, 0.15) is 0 Å². The van der Waals surface area contributed by atoms with Gasteiger partial charge in [0.05, 0.1) is 10.6 Å². The fourth-order valence-corrected chi connectivity index (χ4v) is 5.90. The van der Waals surface area contributed by atoms with Crippen molar-refractivity contribution in [2.24, 2.45) is 0 Å². The van der Waals surface area contributed by atoms with Crippen molar-refractivity contribution in [1.29, 1.82) is 0 Å². The average Bonchev–Trinajstić information content (AvgIpc) is 2.84. The van der Waals surface area contributed by atoms with Crippen LogP contribution in [0.2, 0.25) is 15.1 Å². The maximum Gasteiger partial charge on any atom is 0.337 e. The Balaban J connectivity index is 1.69. The van der Waals surface area contributed by atoms with E-state index in [1.807, 2.05) is 30.3 Å². The van der Waals surface area contributed by atoms with Gasteiger partial charge in [0.15, 0.2) is 5.78 Å². The standard InChI is InChI=1S/C28H20Cl3NO4/c29-17-6-8-19(23(31)12-17)20-14-26(34)32(18-7-9-22(30)21(13-18)28(35)36)24-10-16(11-25(33)27(20)24)15-4-2-1-3-5-15/h1-9,12-13,16,20H,10-11,14H2,(H,35,36). The largest absolute Gasteiger partial charge is 0.478 e. The molecule has 1 amide bonds. The molecule has 0 spiro atoms. The Bertz CT molecular complexity index is 1430. The first-order valence-electron chi connectivity index (χ1n) is 11.4. The molecule has 1 aliphatic heterocycles. The van der Waals surface area contributed by atoms with Gasteiger partial charge < -0.3 is 5.11 Å². The van der Waals surface area contributed by atoms with E-state index in [0.717, 1.165) is 5.56 Å². The molecule has 1 heterocycles. The predicted octanol–water partition coefficient (Wildman–Crippen LogP) is 7.27. The summed E-state index contributed by atoms with van der Waals surface area (Å²) in [7, 11) is 0. The van der Waals surface area contributed by atoms with Gasteiger partial charge in [-0.2, -0.15) is 0 Å². The summed E-state index contributed by atoms with van der Waals surface area (Å²) in [6.45, 7) is 0. The van der Waals surface area contributed by atoms with Crippen molar-refractivity contribution in [3.8, 4) is 0 Å². The van der Waals surface area contributed by atoms with Crippen LogP contribution in [0.25, 0.3) is 0 Å². The van der Waals surface area contributed by atoms with Crippen LogP contribution in [0.4, 0.5) is 5.69 Å². The fraction of sp³-hybridized carbons (Fsp3) is 0.179. The molecule has 5 nitrogen and oxygen atoms in total. The van der Waals surface area contributed by atoms with Crippen LogP contribution in [0.15, 0.2) is 78.0 Å². The van der Waals surface area contributed by atoms with Crippen LogP contribution in [0, 0.1) is 0 Å². The normalized spacial score (nSPS) is 19.9. The molecule has 182 valence electrons. The summed E-state index contributed by atoms with van der Waals surface area (Å²) >= 11 is 18.7. The summed E-state index contributed by atoms with van der Waals surface area (Å²) in [5, 5.41) is 10.5. The Morgan fingerprint density at radius 1 is 0.861 bits per heavy atom. The molecule has 8 heteroatoms. The molecule has 0 bridgehead atoms. The van der Waals surface area contributed by atoms with Crippen molar-refractivity contribution in [2.45, 2.75) is 31.1 Å². The topological polar surface area (TPSA) is 74.7 Å². The lowest BCUT2D eigenvalue weighted by Gasteiger charge is -2.40. The molecule has 1 N–H and O–H groups in total. The molecule has 0 saturated carbocycles. The fourth-order valence-electron chi connectivity index (χ4n) is 5.16. The molecule has 1 aliphatic carbocycles. The number of rotatable bonds is 4. The summed E-state index contributed by atoms with van der Waals surface area (Å²) in [6, 6.07) is 19.2. The van der Waals surface area contributed by atoms with Crippen LogP contribution < -0.4 is 4.90 Å². The van der Waals surface area contributed by atoms with Gasteiger partial charge in [0.25, 0.3) is 0 Å². The number of Topliss-reactive ketones (excluding diaryl/α,β-unsaturated/α-hetero) is 1.